The monoisotopic (exact) mass is 325 g/mol. The Morgan fingerprint density at radius 1 is 1.50 bits per heavy atom. The molecule has 0 aromatic carbocycles. The molecule has 22 heavy (non-hydrogen) atoms. The number of aliphatic hydroxyl groups excluding tert-OH is 1. The Kier molecular flexibility index (Phi) is 5.20. The van der Waals surface area contributed by atoms with Crippen molar-refractivity contribution in [2.24, 2.45) is 5.92 Å². The minimum absolute atomic E-state index is 0.0546. The maximum absolute atomic E-state index is 11.7. The second-order valence-corrected chi connectivity index (χ2v) is 5.52. The van der Waals surface area contributed by atoms with E-state index in [2.05, 4.69) is 15.3 Å². The van der Waals surface area contributed by atoms with Gasteiger partial charge in [0.1, 0.15) is 10.7 Å². The number of nitrogens with zero attached hydrogens (tertiary/aromatic N) is 3. The number of imidazole rings is 1. The Balaban J connectivity index is 0.000000847. The number of aromatic nitrogens is 3. The summed E-state index contributed by atoms with van der Waals surface area (Å²) in [5, 5.41) is 10.1. The first-order valence-electron chi connectivity index (χ1n) is 7.05. The molecule has 2 atom stereocenters. The molecule has 0 radical (unpaired) electrons. The Bertz CT molecular complexity index is 673. The Hall–Kier alpha value is -1.86. The summed E-state index contributed by atoms with van der Waals surface area (Å²) >= 11 is 5.96. The minimum Gasteiger partial charge on any atom is -0.400 e. The SMILES string of the molecule is CNC(=O)C1CCC(n2cnc3c(N)cc(Cl)nc32)C1.CO. The van der Waals surface area contributed by atoms with E-state index in [0.717, 1.165) is 26.4 Å². The van der Waals surface area contributed by atoms with Crippen molar-refractivity contribution in [2.75, 3.05) is 19.9 Å². The molecule has 2 heterocycles. The lowest BCUT2D eigenvalue weighted by atomic mass is 10.1. The van der Waals surface area contributed by atoms with Crippen LogP contribution in [0, 0.1) is 5.92 Å². The minimum atomic E-state index is 0.0546. The van der Waals surface area contributed by atoms with E-state index in [1.54, 1.807) is 19.4 Å². The summed E-state index contributed by atoms with van der Waals surface area (Å²) < 4.78 is 1.99. The maximum atomic E-state index is 11.7. The first-order valence-corrected chi connectivity index (χ1v) is 7.43. The van der Waals surface area contributed by atoms with Gasteiger partial charge in [0, 0.05) is 32.2 Å². The number of halogens is 1. The molecule has 3 rings (SSSR count). The van der Waals surface area contributed by atoms with Crippen molar-refractivity contribution in [1.82, 2.24) is 19.9 Å². The fourth-order valence-corrected chi connectivity index (χ4v) is 3.12. The largest absolute Gasteiger partial charge is 0.400 e. The number of fused-ring (bicyclic) bond motifs is 1. The van der Waals surface area contributed by atoms with Gasteiger partial charge in [0.15, 0.2) is 5.65 Å². The van der Waals surface area contributed by atoms with Crippen molar-refractivity contribution < 1.29 is 9.90 Å². The number of amides is 1. The van der Waals surface area contributed by atoms with Crippen molar-refractivity contribution in [1.29, 1.82) is 0 Å². The summed E-state index contributed by atoms with van der Waals surface area (Å²) in [7, 11) is 2.67. The van der Waals surface area contributed by atoms with E-state index in [-0.39, 0.29) is 17.9 Å². The molecular formula is C14H20ClN5O2. The zero-order valence-corrected chi connectivity index (χ0v) is 13.3. The third-order valence-corrected chi connectivity index (χ3v) is 4.14. The van der Waals surface area contributed by atoms with Crippen LogP contribution in [0.3, 0.4) is 0 Å². The highest BCUT2D eigenvalue weighted by molar-refractivity contribution is 6.30. The molecule has 1 aliphatic rings. The third kappa shape index (κ3) is 3.00. The van der Waals surface area contributed by atoms with Crippen molar-refractivity contribution >= 4 is 34.4 Å². The van der Waals surface area contributed by atoms with Gasteiger partial charge in [0.25, 0.3) is 0 Å². The average molecular weight is 326 g/mol. The van der Waals surface area contributed by atoms with Crippen LogP contribution in [0.15, 0.2) is 12.4 Å². The molecule has 2 aromatic heterocycles. The molecule has 8 heteroatoms. The van der Waals surface area contributed by atoms with Crippen LogP contribution in [0.4, 0.5) is 5.69 Å². The van der Waals surface area contributed by atoms with E-state index in [1.165, 1.54) is 0 Å². The van der Waals surface area contributed by atoms with Crippen LogP contribution in [-0.4, -0.2) is 39.7 Å². The second-order valence-electron chi connectivity index (χ2n) is 5.14. The average Bonchev–Trinajstić information content (AvgIpc) is 3.14. The first-order chi connectivity index (χ1) is 10.6. The lowest BCUT2D eigenvalue weighted by Crippen LogP contribution is -2.25. The Labute approximate surface area is 133 Å². The van der Waals surface area contributed by atoms with Crippen LogP contribution in [0.2, 0.25) is 5.15 Å². The van der Waals surface area contributed by atoms with E-state index in [4.69, 9.17) is 22.4 Å². The molecule has 1 fully saturated rings. The first kappa shape index (κ1) is 16.5. The molecule has 0 spiro atoms. The van der Waals surface area contributed by atoms with Gasteiger partial charge >= 0.3 is 0 Å². The van der Waals surface area contributed by atoms with Crippen LogP contribution in [0.1, 0.15) is 25.3 Å². The number of pyridine rings is 1. The number of hydrogen-bond donors (Lipinski definition) is 3. The topological polar surface area (TPSA) is 106 Å². The molecule has 2 aromatic rings. The lowest BCUT2D eigenvalue weighted by Gasteiger charge is -2.13. The van der Waals surface area contributed by atoms with Crippen molar-refractivity contribution in [3.63, 3.8) is 0 Å². The van der Waals surface area contributed by atoms with Gasteiger partial charge in [-0.1, -0.05) is 11.6 Å². The summed E-state index contributed by atoms with van der Waals surface area (Å²) in [6, 6.07) is 1.82. The number of aliphatic hydroxyl groups is 1. The molecule has 120 valence electrons. The Morgan fingerprint density at radius 2 is 2.23 bits per heavy atom. The van der Waals surface area contributed by atoms with Crippen LogP contribution >= 0.6 is 11.6 Å². The number of rotatable bonds is 2. The van der Waals surface area contributed by atoms with Crippen LogP contribution in [0.5, 0.6) is 0 Å². The van der Waals surface area contributed by atoms with Gasteiger partial charge in [-0.25, -0.2) is 9.97 Å². The molecule has 1 aliphatic carbocycles. The quantitative estimate of drug-likeness (QED) is 0.723. The number of anilines is 1. The van der Waals surface area contributed by atoms with E-state index >= 15 is 0 Å². The number of nitrogens with two attached hydrogens (primary N) is 1. The number of nitrogen functional groups attached to an aromatic ring is 1. The lowest BCUT2D eigenvalue weighted by molar-refractivity contribution is -0.124. The third-order valence-electron chi connectivity index (χ3n) is 3.94. The summed E-state index contributed by atoms with van der Waals surface area (Å²) in [5.41, 5.74) is 7.79. The fraction of sp³-hybridized carbons (Fsp3) is 0.500. The predicted octanol–water partition coefficient (Wildman–Crippen LogP) is 1.36. The van der Waals surface area contributed by atoms with Crippen molar-refractivity contribution in [2.45, 2.75) is 25.3 Å². The van der Waals surface area contributed by atoms with Gasteiger partial charge in [-0.15, -0.1) is 0 Å². The zero-order valence-electron chi connectivity index (χ0n) is 12.6. The number of hydrogen-bond acceptors (Lipinski definition) is 5. The number of carbonyl (C=O) groups is 1. The smallest absolute Gasteiger partial charge is 0.222 e. The molecule has 1 amide bonds. The van der Waals surface area contributed by atoms with E-state index in [0.29, 0.717) is 22.0 Å². The Morgan fingerprint density at radius 3 is 2.91 bits per heavy atom. The van der Waals surface area contributed by atoms with Gasteiger partial charge in [0.05, 0.1) is 12.0 Å². The second kappa shape index (κ2) is 6.93. The van der Waals surface area contributed by atoms with E-state index < -0.39 is 0 Å². The molecule has 0 saturated heterocycles. The highest BCUT2D eigenvalue weighted by atomic mass is 35.5. The van der Waals surface area contributed by atoms with E-state index in [1.807, 2.05) is 4.57 Å². The van der Waals surface area contributed by atoms with Crippen LogP contribution < -0.4 is 11.1 Å². The van der Waals surface area contributed by atoms with Crippen LogP contribution in [0.25, 0.3) is 11.2 Å². The molecule has 1 saturated carbocycles. The highest BCUT2D eigenvalue weighted by Gasteiger charge is 2.31. The normalized spacial score (nSPS) is 20.5. The molecule has 7 nitrogen and oxygen atoms in total. The van der Waals surface area contributed by atoms with Gasteiger partial charge in [-0.3, -0.25) is 4.79 Å². The molecular weight excluding hydrogens is 306 g/mol. The molecule has 0 aliphatic heterocycles. The van der Waals surface area contributed by atoms with Gasteiger partial charge in [0.2, 0.25) is 5.91 Å². The van der Waals surface area contributed by atoms with Gasteiger partial charge in [-0.2, -0.15) is 0 Å². The predicted molar refractivity (Wildman–Crippen MR) is 85.5 cm³/mol. The summed E-state index contributed by atoms with van der Waals surface area (Å²) in [6.07, 6.45) is 4.33. The van der Waals surface area contributed by atoms with Crippen LogP contribution in [-0.2, 0) is 4.79 Å². The summed E-state index contributed by atoms with van der Waals surface area (Å²) in [4.78, 5) is 20.3. The zero-order chi connectivity index (χ0) is 16.3. The van der Waals surface area contributed by atoms with Crippen molar-refractivity contribution in [3.05, 3.63) is 17.5 Å². The van der Waals surface area contributed by atoms with Gasteiger partial charge in [-0.05, 0) is 19.3 Å². The van der Waals surface area contributed by atoms with Gasteiger partial charge < -0.3 is 20.7 Å². The maximum Gasteiger partial charge on any atom is 0.222 e. The number of nitrogens with one attached hydrogen (secondary N) is 1. The molecule has 2 unspecified atom stereocenters. The van der Waals surface area contributed by atoms with E-state index in [9.17, 15) is 4.79 Å². The standard InChI is InChI=1S/C13H16ClN5O.CH4O/c1-16-13(20)7-2-3-8(4-7)19-6-17-11-9(15)5-10(14)18-12(11)19;1-2/h5-8H,2-4H2,1H3,(H2,15,18)(H,16,20);2H,1H3. The molecule has 4 N–H and O–H groups in total. The molecule has 0 bridgehead atoms. The number of carbonyl (C=O) groups excluding carboxylic acids is 1. The summed E-state index contributed by atoms with van der Waals surface area (Å²) in [6.45, 7) is 0. The summed E-state index contributed by atoms with van der Waals surface area (Å²) in [5.74, 6) is 0.154. The van der Waals surface area contributed by atoms with Crippen molar-refractivity contribution in [3.8, 4) is 0 Å². The fourth-order valence-electron chi connectivity index (χ4n) is 2.92. The highest BCUT2D eigenvalue weighted by Crippen LogP contribution is 2.36.